The number of aromatic nitrogens is 3. The second-order valence-corrected chi connectivity index (χ2v) is 6.86. The molecule has 2 aromatic heterocycles. The number of aldehydes is 1. The van der Waals surface area contributed by atoms with Gasteiger partial charge < -0.3 is 4.18 Å². The zero-order valence-electron chi connectivity index (χ0n) is 12.4. The molecule has 2 heterocycles. The first kappa shape index (κ1) is 18.1. The highest BCUT2D eigenvalue weighted by atomic mass is 35.5. The highest BCUT2D eigenvalue weighted by Crippen LogP contribution is 2.35. The minimum absolute atomic E-state index is 0.0622. The quantitative estimate of drug-likeness (QED) is 0.376. The Labute approximate surface area is 149 Å². The molecule has 26 heavy (non-hydrogen) atoms. The molecule has 0 fully saturated rings. The molecule has 0 saturated carbocycles. The molecule has 0 aliphatic rings. The number of rotatable bonds is 4. The van der Waals surface area contributed by atoms with E-state index in [0.29, 0.717) is 17.2 Å². The summed E-state index contributed by atoms with van der Waals surface area (Å²) in [5.74, 6) is -0.706. The lowest BCUT2D eigenvalue weighted by Crippen LogP contribution is -2.28. The van der Waals surface area contributed by atoms with Crippen LogP contribution in [0.3, 0.4) is 0 Å². The second kappa shape index (κ2) is 6.25. The maximum absolute atomic E-state index is 12.5. The number of pyridine rings is 1. The van der Waals surface area contributed by atoms with Crippen LogP contribution < -0.4 is 4.18 Å². The predicted molar refractivity (Wildman–Crippen MR) is 84.9 cm³/mol. The molecular formula is C14H7ClF3N3O4S. The number of benzene rings is 1. The Hall–Kier alpha value is -2.66. The first-order chi connectivity index (χ1) is 12.1. The van der Waals surface area contributed by atoms with Crippen LogP contribution in [0.25, 0.3) is 16.7 Å². The van der Waals surface area contributed by atoms with Gasteiger partial charge in [0, 0.05) is 23.3 Å². The van der Waals surface area contributed by atoms with Crippen LogP contribution in [-0.2, 0) is 10.1 Å². The lowest BCUT2D eigenvalue weighted by Gasteiger charge is -2.12. The van der Waals surface area contributed by atoms with E-state index in [2.05, 4.69) is 14.3 Å². The molecule has 7 nitrogen and oxygen atoms in total. The molecule has 0 aliphatic heterocycles. The zero-order chi connectivity index (χ0) is 19.1. The van der Waals surface area contributed by atoms with Crippen molar-refractivity contribution in [3.8, 4) is 11.4 Å². The highest BCUT2D eigenvalue weighted by Gasteiger charge is 2.48. The van der Waals surface area contributed by atoms with Crippen molar-refractivity contribution in [2.75, 3.05) is 0 Å². The van der Waals surface area contributed by atoms with Crippen LogP contribution in [0.5, 0.6) is 5.75 Å². The van der Waals surface area contributed by atoms with Gasteiger partial charge in [0.2, 0.25) is 0 Å². The number of nitrogens with zero attached hydrogens (tertiary/aromatic N) is 3. The van der Waals surface area contributed by atoms with E-state index >= 15 is 0 Å². The fraction of sp³-hybridized carbons (Fsp3) is 0.0714. The number of carbonyl (C=O) groups is 1. The molecule has 0 amide bonds. The molecule has 3 rings (SSSR count). The maximum atomic E-state index is 12.5. The van der Waals surface area contributed by atoms with E-state index in [1.165, 1.54) is 35.3 Å². The van der Waals surface area contributed by atoms with E-state index in [9.17, 15) is 26.4 Å². The van der Waals surface area contributed by atoms with Crippen molar-refractivity contribution < 1.29 is 30.6 Å². The summed E-state index contributed by atoms with van der Waals surface area (Å²) >= 11 is 5.99. The van der Waals surface area contributed by atoms with E-state index in [4.69, 9.17) is 11.6 Å². The zero-order valence-corrected chi connectivity index (χ0v) is 14.0. The summed E-state index contributed by atoms with van der Waals surface area (Å²) in [4.78, 5) is 14.7. The van der Waals surface area contributed by atoms with E-state index in [1.807, 2.05) is 0 Å². The van der Waals surface area contributed by atoms with Crippen molar-refractivity contribution in [1.82, 2.24) is 14.8 Å². The van der Waals surface area contributed by atoms with Crippen LogP contribution in [0.2, 0.25) is 5.02 Å². The Bertz CT molecular complexity index is 1110. The normalized spacial score (nSPS) is 12.3. The predicted octanol–water partition coefficient (Wildman–Crippen LogP) is 3.11. The summed E-state index contributed by atoms with van der Waals surface area (Å²) in [6.45, 7) is 0. The maximum Gasteiger partial charge on any atom is 0.534 e. The number of alkyl halides is 3. The fourth-order valence-electron chi connectivity index (χ4n) is 2.03. The average molecular weight is 406 g/mol. The standard InChI is InChI=1S/C14H7ClF3N3O4S/c15-12-10(2-1-3-11(12)25-26(23,24)14(16,17)18)21-6-9-4-8(7-22)5-19-13(9)20-21/h1-7H. The first-order valence-electron chi connectivity index (χ1n) is 6.72. The molecule has 0 saturated heterocycles. The molecule has 0 aliphatic carbocycles. The lowest BCUT2D eigenvalue weighted by molar-refractivity contribution is -0.0500. The van der Waals surface area contributed by atoms with Gasteiger partial charge in [0.25, 0.3) is 0 Å². The van der Waals surface area contributed by atoms with Crippen molar-refractivity contribution in [2.45, 2.75) is 5.51 Å². The van der Waals surface area contributed by atoms with E-state index in [0.717, 1.165) is 6.07 Å². The van der Waals surface area contributed by atoms with Crippen LogP contribution in [0.4, 0.5) is 13.2 Å². The summed E-state index contributed by atoms with van der Waals surface area (Å²) in [7, 11) is -5.87. The van der Waals surface area contributed by atoms with Gasteiger partial charge in [-0.25, -0.2) is 9.67 Å². The molecule has 0 N–H and O–H groups in total. The van der Waals surface area contributed by atoms with Crippen LogP contribution >= 0.6 is 11.6 Å². The third-order valence-electron chi connectivity index (χ3n) is 3.19. The van der Waals surface area contributed by atoms with Gasteiger partial charge in [-0.05, 0) is 18.2 Å². The average Bonchev–Trinajstić information content (AvgIpc) is 2.98. The molecule has 0 atom stereocenters. The number of halogens is 4. The summed E-state index contributed by atoms with van der Waals surface area (Å²) < 4.78 is 65.0. The van der Waals surface area contributed by atoms with Crippen molar-refractivity contribution in [3.05, 3.63) is 47.2 Å². The van der Waals surface area contributed by atoms with Gasteiger partial charge in [-0.3, -0.25) is 4.79 Å². The number of hydrogen-bond donors (Lipinski definition) is 0. The first-order valence-corrected chi connectivity index (χ1v) is 8.51. The largest absolute Gasteiger partial charge is 0.534 e. The van der Waals surface area contributed by atoms with Crippen molar-refractivity contribution in [1.29, 1.82) is 0 Å². The minimum Gasteiger partial charge on any atom is -0.374 e. The van der Waals surface area contributed by atoms with Gasteiger partial charge in [0.15, 0.2) is 17.7 Å². The Balaban J connectivity index is 2.06. The van der Waals surface area contributed by atoms with E-state index in [1.54, 1.807) is 0 Å². The smallest absolute Gasteiger partial charge is 0.374 e. The van der Waals surface area contributed by atoms with E-state index in [-0.39, 0.29) is 11.3 Å². The molecule has 0 radical (unpaired) electrons. The minimum atomic E-state index is -5.87. The van der Waals surface area contributed by atoms with Gasteiger partial charge in [-0.15, -0.1) is 5.10 Å². The molecule has 136 valence electrons. The summed E-state index contributed by atoms with van der Waals surface area (Å²) in [5.41, 5.74) is -4.98. The SMILES string of the molecule is O=Cc1cnc2nn(-c3cccc(OS(=O)(=O)C(F)(F)F)c3Cl)cc2c1. The van der Waals surface area contributed by atoms with Crippen LogP contribution in [-0.4, -0.2) is 35.0 Å². The Morgan fingerprint density at radius 1 is 1.27 bits per heavy atom. The Morgan fingerprint density at radius 3 is 2.65 bits per heavy atom. The van der Waals surface area contributed by atoms with Crippen LogP contribution in [0.1, 0.15) is 10.4 Å². The Morgan fingerprint density at radius 2 is 2.00 bits per heavy atom. The van der Waals surface area contributed by atoms with Gasteiger partial charge in [0.05, 0.1) is 5.69 Å². The topological polar surface area (TPSA) is 91.2 Å². The van der Waals surface area contributed by atoms with Crippen LogP contribution in [0, 0.1) is 0 Å². The van der Waals surface area contributed by atoms with Crippen molar-refractivity contribution in [3.63, 3.8) is 0 Å². The second-order valence-electron chi connectivity index (χ2n) is 4.95. The van der Waals surface area contributed by atoms with Gasteiger partial charge in [0.1, 0.15) is 5.02 Å². The summed E-state index contributed by atoms with van der Waals surface area (Å²) in [6.07, 6.45) is 3.32. The number of fused-ring (bicyclic) bond motifs is 1. The monoisotopic (exact) mass is 405 g/mol. The molecule has 0 spiro atoms. The molecule has 0 unspecified atom stereocenters. The fourth-order valence-corrected chi connectivity index (χ4v) is 2.79. The van der Waals surface area contributed by atoms with Gasteiger partial charge in [-0.2, -0.15) is 21.6 Å². The van der Waals surface area contributed by atoms with Crippen molar-refractivity contribution in [2.24, 2.45) is 0 Å². The third-order valence-corrected chi connectivity index (χ3v) is 4.53. The number of hydrogen-bond acceptors (Lipinski definition) is 6. The molecule has 3 aromatic rings. The van der Waals surface area contributed by atoms with Crippen LogP contribution in [0.15, 0.2) is 36.7 Å². The molecule has 12 heteroatoms. The molecule has 0 bridgehead atoms. The lowest BCUT2D eigenvalue weighted by atomic mass is 10.2. The van der Waals surface area contributed by atoms with Crippen molar-refractivity contribution >= 4 is 39.0 Å². The Kier molecular flexibility index (Phi) is 4.36. The third kappa shape index (κ3) is 3.22. The highest BCUT2D eigenvalue weighted by molar-refractivity contribution is 7.88. The number of carbonyl (C=O) groups excluding carboxylic acids is 1. The van der Waals surface area contributed by atoms with Gasteiger partial charge in [-0.1, -0.05) is 17.7 Å². The summed E-state index contributed by atoms with van der Waals surface area (Å²) in [5, 5.41) is 4.16. The molecular weight excluding hydrogens is 399 g/mol. The molecule has 1 aromatic carbocycles. The summed E-state index contributed by atoms with van der Waals surface area (Å²) in [6, 6.07) is 5.11. The van der Waals surface area contributed by atoms with Gasteiger partial charge >= 0.3 is 15.6 Å². The van der Waals surface area contributed by atoms with E-state index < -0.39 is 26.4 Å².